The molecule has 0 aliphatic rings. The summed E-state index contributed by atoms with van der Waals surface area (Å²) in [5, 5.41) is 9.52. The summed E-state index contributed by atoms with van der Waals surface area (Å²) in [5.74, 6) is 0.232. The van der Waals surface area contributed by atoms with Crippen LogP contribution in [0.2, 0.25) is 5.02 Å². The SMILES string of the molecule is NCCc1nnc(Nc2c(Cl)cccc2C(F)(F)F)o1. The second-order valence-corrected chi connectivity index (χ2v) is 4.23. The molecule has 1 heterocycles. The molecule has 1 aromatic heterocycles. The van der Waals surface area contributed by atoms with E-state index in [1.165, 1.54) is 12.1 Å². The Morgan fingerprint density at radius 1 is 1.30 bits per heavy atom. The minimum absolute atomic E-state index is 0.0987. The van der Waals surface area contributed by atoms with Gasteiger partial charge in [0.1, 0.15) is 0 Å². The Hall–Kier alpha value is -1.80. The lowest BCUT2D eigenvalue weighted by atomic mass is 10.1. The summed E-state index contributed by atoms with van der Waals surface area (Å²) < 4.78 is 43.7. The van der Waals surface area contributed by atoms with E-state index in [9.17, 15) is 13.2 Å². The molecule has 0 unspecified atom stereocenters. The molecule has 0 radical (unpaired) electrons. The van der Waals surface area contributed by atoms with Gasteiger partial charge in [0, 0.05) is 13.0 Å². The maximum atomic E-state index is 12.9. The van der Waals surface area contributed by atoms with Crippen LogP contribution in [0.3, 0.4) is 0 Å². The first-order valence-corrected chi connectivity index (χ1v) is 5.95. The van der Waals surface area contributed by atoms with Crippen molar-refractivity contribution in [1.82, 2.24) is 10.2 Å². The van der Waals surface area contributed by atoms with E-state index in [1.54, 1.807) is 0 Å². The molecule has 2 rings (SSSR count). The number of nitrogens with one attached hydrogen (secondary N) is 1. The second-order valence-electron chi connectivity index (χ2n) is 3.82. The van der Waals surface area contributed by atoms with Gasteiger partial charge < -0.3 is 15.5 Å². The number of anilines is 2. The van der Waals surface area contributed by atoms with Crippen molar-refractivity contribution in [2.24, 2.45) is 5.73 Å². The van der Waals surface area contributed by atoms with Crippen molar-refractivity contribution < 1.29 is 17.6 Å². The summed E-state index contributed by atoms with van der Waals surface area (Å²) in [6.07, 6.45) is -4.21. The first kappa shape index (κ1) is 14.6. The van der Waals surface area contributed by atoms with Crippen LogP contribution in [-0.2, 0) is 12.6 Å². The number of para-hydroxylation sites is 1. The molecule has 5 nitrogen and oxygen atoms in total. The normalized spacial score (nSPS) is 11.7. The summed E-state index contributed by atoms with van der Waals surface area (Å²) in [6.45, 7) is 0.293. The van der Waals surface area contributed by atoms with Crippen LogP contribution in [0.5, 0.6) is 0 Å². The lowest BCUT2D eigenvalue weighted by Crippen LogP contribution is -2.09. The van der Waals surface area contributed by atoms with Gasteiger partial charge >= 0.3 is 12.2 Å². The van der Waals surface area contributed by atoms with E-state index in [0.717, 1.165) is 6.07 Å². The van der Waals surface area contributed by atoms with Crippen molar-refractivity contribution in [3.05, 3.63) is 34.7 Å². The fraction of sp³-hybridized carbons (Fsp3) is 0.273. The third-order valence-corrected chi connectivity index (χ3v) is 2.69. The fourth-order valence-electron chi connectivity index (χ4n) is 1.52. The molecule has 9 heteroatoms. The zero-order valence-electron chi connectivity index (χ0n) is 10.0. The van der Waals surface area contributed by atoms with Crippen molar-refractivity contribution in [3.63, 3.8) is 0 Å². The predicted octanol–water partition coefficient (Wildman–Crippen LogP) is 2.99. The molecule has 20 heavy (non-hydrogen) atoms. The quantitative estimate of drug-likeness (QED) is 0.908. The van der Waals surface area contributed by atoms with Crippen molar-refractivity contribution in [2.75, 3.05) is 11.9 Å². The molecule has 0 spiro atoms. The number of rotatable bonds is 4. The predicted molar refractivity (Wildman–Crippen MR) is 66.8 cm³/mol. The Balaban J connectivity index is 2.32. The average molecular weight is 307 g/mol. The summed E-state index contributed by atoms with van der Waals surface area (Å²) in [5.41, 5.74) is 4.07. The number of halogens is 4. The average Bonchev–Trinajstić information content (AvgIpc) is 2.78. The summed E-state index contributed by atoms with van der Waals surface area (Å²) in [6, 6.07) is 3.28. The zero-order chi connectivity index (χ0) is 14.8. The van der Waals surface area contributed by atoms with Crippen molar-refractivity contribution >= 4 is 23.3 Å². The van der Waals surface area contributed by atoms with Gasteiger partial charge in [0.25, 0.3) is 0 Å². The van der Waals surface area contributed by atoms with E-state index in [1.807, 2.05) is 0 Å². The van der Waals surface area contributed by atoms with Gasteiger partial charge in [-0.1, -0.05) is 22.8 Å². The molecule has 0 amide bonds. The van der Waals surface area contributed by atoms with E-state index < -0.39 is 11.7 Å². The van der Waals surface area contributed by atoms with Crippen LogP contribution in [0.4, 0.5) is 24.9 Å². The molecule has 2 aromatic rings. The van der Waals surface area contributed by atoms with Crippen LogP contribution in [0.1, 0.15) is 11.5 Å². The van der Waals surface area contributed by atoms with Gasteiger partial charge in [-0.2, -0.15) is 13.2 Å². The van der Waals surface area contributed by atoms with Crippen molar-refractivity contribution in [1.29, 1.82) is 0 Å². The number of nitrogens with two attached hydrogens (primary N) is 1. The molecule has 0 aliphatic heterocycles. The van der Waals surface area contributed by atoms with Crippen molar-refractivity contribution in [3.8, 4) is 0 Å². The van der Waals surface area contributed by atoms with Gasteiger partial charge in [-0.25, -0.2) is 0 Å². The number of benzene rings is 1. The maximum Gasteiger partial charge on any atom is 0.418 e. The molecule has 3 N–H and O–H groups in total. The molecule has 108 valence electrons. The second kappa shape index (κ2) is 5.68. The fourth-order valence-corrected chi connectivity index (χ4v) is 1.74. The van der Waals surface area contributed by atoms with E-state index in [-0.39, 0.29) is 22.6 Å². The first-order valence-electron chi connectivity index (χ1n) is 5.57. The van der Waals surface area contributed by atoms with E-state index in [4.69, 9.17) is 21.8 Å². The highest BCUT2D eigenvalue weighted by molar-refractivity contribution is 6.33. The Labute approximate surface area is 116 Å². The minimum Gasteiger partial charge on any atom is -0.408 e. The molecule has 0 atom stereocenters. The summed E-state index contributed by atoms with van der Waals surface area (Å²) in [7, 11) is 0. The molecule has 0 saturated carbocycles. The highest BCUT2D eigenvalue weighted by Crippen LogP contribution is 2.39. The summed E-state index contributed by atoms with van der Waals surface area (Å²) >= 11 is 5.78. The van der Waals surface area contributed by atoms with Gasteiger partial charge in [-0.05, 0) is 12.1 Å². The standard InChI is InChI=1S/C11H10ClF3N4O/c12-7-3-1-2-6(11(13,14)15)9(7)17-10-19-18-8(20-10)4-5-16/h1-3H,4-5,16H2,(H,17,19). The lowest BCUT2D eigenvalue weighted by Gasteiger charge is -2.13. The minimum atomic E-state index is -4.55. The number of hydrogen-bond acceptors (Lipinski definition) is 5. The largest absolute Gasteiger partial charge is 0.418 e. The third-order valence-electron chi connectivity index (χ3n) is 2.38. The van der Waals surface area contributed by atoms with Gasteiger partial charge in [0.2, 0.25) is 5.89 Å². The molecular formula is C11H10ClF3N4O. The number of nitrogens with zero attached hydrogens (tertiary/aromatic N) is 2. The van der Waals surface area contributed by atoms with Crippen LogP contribution in [0, 0.1) is 0 Å². The Bertz CT molecular complexity index is 600. The van der Waals surface area contributed by atoms with Crippen LogP contribution < -0.4 is 11.1 Å². The van der Waals surface area contributed by atoms with E-state index >= 15 is 0 Å². The lowest BCUT2D eigenvalue weighted by molar-refractivity contribution is -0.136. The van der Waals surface area contributed by atoms with Gasteiger partial charge in [-0.3, -0.25) is 0 Å². The zero-order valence-corrected chi connectivity index (χ0v) is 10.8. The van der Waals surface area contributed by atoms with Crippen LogP contribution in [0.25, 0.3) is 0 Å². The third kappa shape index (κ3) is 3.20. The highest BCUT2D eigenvalue weighted by atomic mass is 35.5. The van der Waals surface area contributed by atoms with Crippen LogP contribution >= 0.6 is 11.6 Å². The van der Waals surface area contributed by atoms with Crippen molar-refractivity contribution in [2.45, 2.75) is 12.6 Å². The van der Waals surface area contributed by atoms with E-state index in [2.05, 4.69) is 15.5 Å². The maximum absolute atomic E-state index is 12.9. The van der Waals surface area contributed by atoms with Crippen LogP contribution in [-0.4, -0.2) is 16.7 Å². The highest BCUT2D eigenvalue weighted by Gasteiger charge is 2.34. The van der Waals surface area contributed by atoms with Gasteiger partial charge in [-0.15, -0.1) is 5.10 Å². The molecule has 0 fully saturated rings. The topological polar surface area (TPSA) is 77.0 Å². The molecular weight excluding hydrogens is 297 g/mol. The summed E-state index contributed by atoms with van der Waals surface area (Å²) in [4.78, 5) is 0. The van der Waals surface area contributed by atoms with Gasteiger partial charge in [0.15, 0.2) is 0 Å². The van der Waals surface area contributed by atoms with Gasteiger partial charge in [0.05, 0.1) is 16.3 Å². The number of alkyl halides is 3. The first-order chi connectivity index (χ1) is 9.41. The molecule has 0 bridgehead atoms. The smallest absolute Gasteiger partial charge is 0.408 e. The molecule has 1 aromatic carbocycles. The van der Waals surface area contributed by atoms with E-state index in [0.29, 0.717) is 13.0 Å². The number of hydrogen-bond donors (Lipinski definition) is 2. The number of aromatic nitrogens is 2. The monoisotopic (exact) mass is 306 g/mol. The Morgan fingerprint density at radius 3 is 2.70 bits per heavy atom. The Morgan fingerprint density at radius 2 is 2.05 bits per heavy atom. The molecule has 0 aliphatic carbocycles. The van der Waals surface area contributed by atoms with Crippen LogP contribution in [0.15, 0.2) is 22.6 Å². The molecule has 0 saturated heterocycles. The Kier molecular flexibility index (Phi) is 4.15.